The molecular weight excluding hydrogens is 355 g/mol. The molecule has 0 aliphatic heterocycles. The van der Waals surface area contributed by atoms with Crippen molar-refractivity contribution < 1.29 is 13.9 Å². The van der Waals surface area contributed by atoms with Crippen LogP contribution in [0.5, 0.6) is 5.75 Å². The van der Waals surface area contributed by atoms with Crippen molar-refractivity contribution in [1.29, 1.82) is 0 Å². The van der Waals surface area contributed by atoms with Gasteiger partial charge in [-0.25, -0.2) is 4.39 Å². The molecule has 0 fully saturated rings. The number of hydrogen-bond donors (Lipinski definition) is 1. The second-order valence-electron chi connectivity index (χ2n) is 7.15. The first-order valence-corrected chi connectivity index (χ1v) is 9.32. The molecule has 1 N–H and O–H groups in total. The highest BCUT2D eigenvalue weighted by molar-refractivity contribution is 5.97. The molecule has 0 saturated heterocycles. The third-order valence-electron chi connectivity index (χ3n) is 4.62. The van der Waals surface area contributed by atoms with Gasteiger partial charge >= 0.3 is 0 Å². The molecule has 146 valence electrons. The van der Waals surface area contributed by atoms with Gasteiger partial charge in [-0.3, -0.25) is 4.79 Å². The molecule has 3 rings (SSSR count). The zero-order valence-electron chi connectivity index (χ0n) is 16.6. The van der Waals surface area contributed by atoms with E-state index in [0.29, 0.717) is 35.2 Å². The first kappa shape index (κ1) is 19.7. The fourth-order valence-corrected chi connectivity index (χ4v) is 3.17. The predicted octanol–water partition coefficient (Wildman–Crippen LogP) is 4.99. The molecule has 0 saturated carbocycles. The molecule has 3 aromatic rings. The van der Waals surface area contributed by atoms with Gasteiger partial charge in [-0.2, -0.15) is 0 Å². The topological polar surface area (TPSA) is 43.3 Å². The number of methoxy groups -OCH3 is 1. The average molecular weight is 380 g/mol. The number of carbonyl (C=O) groups excluding carboxylic acids is 1. The van der Waals surface area contributed by atoms with Gasteiger partial charge in [-0.05, 0) is 43.2 Å². The summed E-state index contributed by atoms with van der Waals surface area (Å²) in [4.78, 5) is 12.8. The number of halogens is 1. The Bertz CT molecular complexity index is 992. The molecule has 28 heavy (non-hydrogen) atoms. The van der Waals surface area contributed by atoms with Gasteiger partial charge in [0.05, 0.1) is 24.1 Å². The van der Waals surface area contributed by atoms with Gasteiger partial charge in [0.1, 0.15) is 11.6 Å². The molecule has 0 aliphatic rings. The maximum absolute atomic E-state index is 14.6. The van der Waals surface area contributed by atoms with Crippen LogP contribution in [-0.2, 0) is 0 Å². The summed E-state index contributed by atoms with van der Waals surface area (Å²) in [5, 5.41) is 2.95. The molecule has 2 aromatic carbocycles. The monoisotopic (exact) mass is 380 g/mol. The van der Waals surface area contributed by atoms with Crippen LogP contribution >= 0.6 is 0 Å². The molecule has 1 amide bonds. The molecule has 4 nitrogen and oxygen atoms in total. The number of benzene rings is 2. The molecular formula is C23H25FN2O2. The van der Waals surface area contributed by atoms with E-state index in [1.54, 1.807) is 29.9 Å². The zero-order chi connectivity index (χ0) is 20.3. The van der Waals surface area contributed by atoms with Gasteiger partial charge in [-0.15, -0.1) is 0 Å². The van der Waals surface area contributed by atoms with Crippen LogP contribution in [0, 0.1) is 18.7 Å². The molecule has 0 unspecified atom stereocenters. The van der Waals surface area contributed by atoms with E-state index >= 15 is 0 Å². The first-order valence-electron chi connectivity index (χ1n) is 9.32. The fraction of sp³-hybridized carbons (Fsp3) is 0.261. The van der Waals surface area contributed by atoms with Crippen molar-refractivity contribution in [2.24, 2.45) is 5.92 Å². The van der Waals surface area contributed by atoms with Crippen molar-refractivity contribution in [1.82, 2.24) is 9.88 Å². The Balaban J connectivity index is 2.18. The van der Waals surface area contributed by atoms with Crippen LogP contribution in [-0.4, -0.2) is 24.1 Å². The van der Waals surface area contributed by atoms with Gasteiger partial charge < -0.3 is 14.6 Å². The van der Waals surface area contributed by atoms with Crippen LogP contribution in [0.2, 0.25) is 0 Å². The third-order valence-corrected chi connectivity index (χ3v) is 4.62. The summed E-state index contributed by atoms with van der Waals surface area (Å²) in [7, 11) is 1.60. The summed E-state index contributed by atoms with van der Waals surface area (Å²) in [6.45, 7) is 6.50. The molecule has 0 spiro atoms. The third kappa shape index (κ3) is 3.93. The minimum Gasteiger partial charge on any atom is -0.497 e. The summed E-state index contributed by atoms with van der Waals surface area (Å²) in [6.07, 6.45) is 0. The van der Waals surface area contributed by atoms with E-state index in [1.807, 2.05) is 51.1 Å². The average Bonchev–Trinajstić information content (AvgIpc) is 3.03. The Kier molecular flexibility index (Phi) is 5.83. The lowest BCUT2D eigenvalue weighted by Crippen LogP contribution is -2.27. The predicted molar refractivity (Wildman–Crippen MR) is 110 cm³/mol. The molecule has 0 radical (unpaired) electrons. The number of nitrogens with zero attached hydrogens (tertiary/aromatic N) is 1. The maximum atomic E-state index is 14.6. The van der Waals surface area contributed by atoms with E-state index in [0.717, 1.165) is 11.3 Å². The van der Waals surface area contributed by atoms with Crippen molar-refractivity contribution in [2.45, 2.75) is 20.8 Å². The summed E-state index contributed by atoms with van der Waals surface area (Å²) >= 11 is 0. The first-order chi connectivity index (χ1) is 13.4. The van der Waals surface area contributed by atoms with Gasteiger partial charge in [0.2, 0.25) is 0 Å². The number of para-hydroxylation sites is 1. The van der Waals surface area contributed by atoms with E-state index in [4.69, 9.17) is 4.74 Å². The van der Waals surface area contributed by atoms with Crippen LogP contribution < -0.4 is 10.1 Å². The quantitative estimate of drug-likeness (QED) is 0.655. The van der Waals surface area contributed by atoms with Crippen molar-refractivity contribution in [3.05, 3.63) is 71.7 Å². The second kappa shape index (κ2) is 8.30. The van der Waals surface area contributed by atoms with Crippen molar-refractivity contribution >= 4 is 5.91 Å². The highest BCUT2D eigenvalue weighted by Gasteiger charge is 2.21. The number of rotatable bonds is 6. The Morgan fingerprint density at radius 2 is 1.89 bits per heavy atom. The Hall–Kier alpha value is -3.08. The molecule has 0 bridgehead atoms. The van der Waals surface area contributed by atoms with Crippen LogP contribution in [0.25, 0.3) is 16.9 Å². The summed E-state index contributed by atoms with van der Waals surface area (Å²) in [5.41, 5.74) is 3.19. The van der Waals surface area contributed by atoms with E-state index in [9.17, 15) is 9.18 Å². The SMILES string of the molecule is COc1cccc(-c2cc(C(=O)NCC(C)C)c(C)n2-c2ccccc2F)c1. The highest BCUT2D eigenvalue weighted by Crippen LogP contribution is 2.32. The molecule has 1 aromatic heterocycles. The van der Waals surface area contributed by atoms with Crippen molar-refractivity contribution in [3.63, 3.8) is 0 Å². The number of ether oxygens (including phenoxy) is 1. The van der Waals surface area contributed by atoms with Gasteiger partial charge in [0, 0.05) is 17.8 Å². The Labute approximate surface area is 165 Å². The summed E-state index contributed by atoms with van der Waals surface area (Å²) < 4.78 is 21.7. The Morgan fingerprint density at radius 3 is 2.57 bits per heavy atom. The molecule has 5 heteroatoms. The second-order valence-corrected chi connectivity index (χ2v) is 7.15. The lowest BCUT2D eigenvalue weighted by Gasteiger charge is -2.14. The van der Waals surface area contributed by atoms with Crippen LogP contribution in [0.4, 0.5) is 4.39 Å². The smallest absolute Gasteiger partial charge is 0.253 e. The molecule has 1 heterocycles. The number of carbonyl (C=O) groups is 1. The van der Waals surface area contributed by atoms with E-state index in [2.05, 4.69) is 5.32 Å². The summed E-state index contributed by atoms with van der Waals surface area (Å²) in [6, 6.07) is 15.9. The highest BCUT2D eigenvalue weighted by atomic mass is 19.1. The Morgan fingerprint density at radius 1 is 1.14 bits per heavy atom. The van der Waals surface area contributed by atoms with Crippen LogP contribution in [0.15, 0.2) is 54.6 Å². The van der Waals surface area contributed by atoms with Gasteiger partial charge in [-0.1, -0.05) is 38.1 Å². The fourth-order valence-electron chi connectivity index (χ4n) is 3.17. The molecule has 0 aliphatic carbocycles. The zero-order valence-corrected chi connectivity index (χ0v) is 16.6. The number of aromatic nitrogens is 1. The van der Waals surface area contributed by atoms with Gasteiger partial charge in [0.15, 0.2) is 0 Å². The molecule has 0 atom stereocenters. The van der Waals surface area contributed by atoms with Gasteiger partial charge in [0.25, 0.3) is 5.91 Å². The number of nitrogens with one attached hydrogen (secondary N) is 1. The normalized spacial score (nSPS) is 10.9. The lowest BCUT2D eigenvalue weighted by molar-refractivity contribution is 0.0948. The minimum atomic E-state index is -0.348. The van der Waals surface area contributed by atoms with E-state index in [1.165, 1.54) is 6.07 Å². The number of hydrogen-bond acceptors (Lipinski definition) is 2. The summed E-state index contributed by atoms with van der Waals surface area (Å²) in [5.74, 6) is 0.530. The van der Waals surface area contributed by atoms with Crippen LogP contribution in [0.3, 0.4) is 0 Å². The standard InChI is InChI=1S/C23H25FN2O2/c1-15(2)14-25-23(27)19-13-22(17-8-7-9-18(12-17)28-4)26(16(19)3)21-11-6-5-10-20(21)24/h5-13,15H,14H2,1-4H3,(H,25,27). The van der Waals surface area contributed by atoms with Crippen LogP contribution in [0.1, 0.15) is 29.9 Å². The van der Waals surface area contributed by atoms with E-state index < -0.39 is 0 Å². The number of amides is 1. The largest absolute Gasteiger partial charge is 0.497 e. The lowest BCUT2D eigenvalue weighted by atomic mass is 10.1. The van der Waals surface area contributed by atoms with Crippen molar-refractivity contribution in [3.8, 4) is 22.7 Å². The maximum Gasteiger partial charge on any atom is 0.253 e. The minimum absolute atomic E-state index is 0.162. The van der Waals surface area contributed by atoms with E-state index in [-0.39, 0.29) is 11.7 Å². The van der Waals surface area contributed by atoms with Crippen molar-refractivity contribution in [2.75, 3.05) is 13.7 Å².